The van der Waals surface area contributed by atoms with Gasteiger partial charge >= 0.3 is 0 Å². The third-order valence-electron chi connectivity index (χ3n) is 2.44. The highest BCUT2D eigenvalue weighted by Gasteiger charge is 2.09. The van der Waals surface area contributed by atoms with Gasteiger partial charge < -0.3 is 5.43 Å². The van der Waals surface area contributed by atoms with Crippen LogP contribution in [0.15, 0.2) is 40.6 Å². The molecule has 3 heterocycles. The molecule has 3 N–H and O–H groups in total. The zero-order valence-corrected chi connectivity index (χ0v) is 10.9. The minimum atomic E-state index is 0.573. The van der Waals surface area contributed by atoms with Crippen LogP contribution >= 0.6 is 11.8 Å². The van der Waals surface area contributed by atoms with E-state index in [4.69, 9.17) is 5.84 Å². The molecule has 0 atom stereocenters. The number of nitrogens with zero attached hydrogens (tertiary/aromatic N) is 5. The van der Waals surface area contributed by atoms with Crippen molar-refractivity contribution in [3.05, 3.63) is 36.3 Å². The van der Waals surface area contributed by atoms with Crippen LogP contribution in [0, 0.1) is 6.92 Å². The Bertz CT molecular complexity index is 724. The summed E-state index contributed by atoms with van der Waals surface area (Å²) in [6.07, 6.45) is 1.91. The van der Waals surface area contributed by atoms with Gasteiger partial charge in [0.15, 0.2) is 5.65 Å². The summed E-state index contributed by atoms with van der Waals surface area (Å²) >= 11 is 1.41. The first kappa shape index (κ1) is 11.9. The molecule has 0 aliphatic rings. The van der Waals surface area contributed by atoms with Gasteiger partial charge in [-0.1, -0.05) is 6.07 Å². The highest BCUT2D eigenvalue weighted by atomic mass is 32.2. The molecule has 3 rings (SSSR count). The van der Waals surface area contributed by atoms with Gasteiger partial charge in [-0.3, -0.25) is 4.40 Å². The smallest absolute Gasteiger partial charge is 0.201 e. The highest BCUT2D eigenvalue weighted by Crippen LogP contribution is 2.26. The van der Waals surface area contributed by atoms with Crippen LogP contribution < -0.4 is 11.3 Å². The van der Waals surface area contributed by atoms with Gasteiger partial charge in [0.25, 0.3) is 0 Å². The summed E-state index contributed by atoms with van der Waals surface area (Å²) < 4.78 is 1.90. The second-order valence-corrected chi connectivity index (χ2v) is 4.78. The van der Waals surface area contributed by atoms with Crippen molar-refractivity contribution in [3.63, 3.8) is 0 Å². The molecule has 0 radical (unpaired) electrons. The number of nitrogens with two attached hydrogens (primary N) is 1. The van der Waals surface area contributed by atoms with Crippen molar-refractivity contribution in [3.8, 4) is 0 Å². The molecular formula is C11H11N7S. The normalized spacial score (nSPS) is 10.8. The standard InChI is InChI=1S/C11H11N7S/c1-7-13-8(15-12)6-10(14-7)19-11-17-16-9-4-2-3-5-18(9)11/h2-6H,12H2,1H3,(H,13,14,15). The van der Waals surface area contributed by atoms with E-state index < -0.39 is 0 Å². The molecule has 0 unspecified atom stereocenters. The minimum Gasteiger partial charge on any atom is -0.308 e. The van der Waals surface area contributed by atoms with E-state index in [1.807, 2.05) is 35.7 Å². The number of fused-ring (bicyclic) bond motifs is 1. The lowest BCUT2D eigenvalue weighted by molar-refractivity contribution is 0.907. The van der Waals surface area contributed by atoms with Gasteiger partial charge in [-0.2, -0.15) is 0 Å². The molecule has 0 saturated carbocycles. The van der Waals surface area contributed by atoms with Gasteiger partial charge in [0.1, 0.15) is 16.7 Å². The molecule has 8 heteroatoms. The molecule has 0 amide bonds. The first-order valence-electron chi connectivity index (χ1n) is 5.56. The number of pyridine rings is 1. The van der Waals surface area contributed by atoms with Crippen molar-refractivity contribution in [1.29, 1.82) is 0 Å². The molecule has 96 valence electrons. The molecule has 0 fully saturated rings. The number of hydrazine groups is 1. The Hall–Kier alpha value is -2.19. The van der Waals surface area contributed by atoms with Crippen LogP contribution in [0.2, 0.25) is 0 Å². The van der Waals surface area contributed by atoms with Crippen molar-refractivity contribution in [1.82, 2.24) is 24.6 Å². The fourth-order valence-electron chi connectivity index (χ4n) is 1.65. The van der Waals surface area contributed by atoms with Gasteiger partial charge in [-0.05, 0) is 30.8 Å². The summed E-state index contributed by atoms with van der Waals surface area (Å²) in [5, 5.41) is 9.74. The summed E-state index contributed by atoms with van der Waals surface area (Å²) in [6.45, 7) is 1.81. The van der Waals surface area contributed by atoms with Crippen LogP contribution in [0.3, 0.4) is 0 Å². The predicted octanol–water partition coefficient (Wildman–Crippen LogP) is 1.26. The third kappa shape index (κ3) is 2.35. The topological polar surface area (TPSA) is 94.0 Å². The monoisotopic (exact) mass is 273 g/mol. The lowest BCUT2D eigenvalue weighted by atomic mass is 10.5. The molecule has 0 bridgehead atoms. The number of nitrogen functional groups attached to an aromatic ring is 1. The molecule has 19 heavy (non-hydrogen) atoms. The second kappa shape index (κ2) is 4.82. The summed E-state index contributed by atoms with van der Waals surface area (Å²) in [4.78, 5) is 8.48. The maximum absolute atomic E-state index is 5.37. The van der Waals surface area contributed by atoms with E-state index in [9.17, 15) is 0 Å². The van der Waals surface area contributed by atoms with Crippen molar-refractivity contribution in [2.24, 2.45) is 5.84 Å². The number of hydrogen-bond donors (Lipinski definition) is 2. The Labute approximate surface area is 113 Å². The fourth-order valence-corrected chi connectivity index (χ4v) is 2.52. The first-order valence-corrected chi connectivity index (χ1v) is 6.38. The van der Waals surface area contributed by atoms with Crippen LogP contribution in [0.1, 0.15) is 5.82 Å². The van der Waals surface area contributed by atoms with Crippen molar-refractivity contribution >= 4 is 23.2 Å². The molecule has 3 aromatic heterocycles. The number of hydrogen-bond acceptors (Lipinski definition) is 7. The van der Waals surface area contributed by atoms with E-state index in [0.29, 0.717) is 11.6 Å². The highest BCUT2D eigenvalue weighted by molar-refractivity contribution is 7.99. The third-order valence-corrected chi connectivity index (χ3v) is 3.32. The van der Waals surface area contributed by atoms with Gasteiger partial charge in [-0.25, -0.2) is 15.8 Å². The van der Waals surface area contributed by atoms with Crippen molar-refractivity contribution in [2.75, 3.05) is 5.43 Å². The van der Waals surface area contributed by atoms with Gasteiger partial charge in [0.2, 0.25) is 5.16 Å². The molecule has 0 aliphatic heterocycles. The average Bonchev–Trinajstić information content (AvgIpc) is 2.82. The summed E-state index contributed by atoms with van der Waals surface area (Å²) in [6, 6.07) is 7.51. The van der Waals surface area contributed by atoms with Gasteiger partial charge in [0.05, 0.1) is 0 Å². The number of anilines is 1. The molecular weight excluding hydrogens is 262 g/mol. The van der Waals surface area contributed by atoms with E-state index in [1.165, 1.54) is 11.8 Å². The lowest BCUT2D eigenvalue weighted by Crippen LogP contribution is -2.09. The quantitative estimate of drug-likeness (QED) is 0.421. The minimum absolute atomic E-state index is 0.573. The number of rotatable bonds is 3. The molecule has 3 aromatic rings. The zero-order valence-electron chi connectivity index (χ0n) is 10.1. The second-order valence-electron chi connectivity index (χ2n) is 3.80. The molecule has 0 aliphatic carbocycles. The maximum Gasteiger partial charge on any atom is 0.201 e. The Balaban J connectivity index is 1.99. The zero-order chi connectivity index (χ0) is 13.2. The maximum atomic E-state index is 5.37. The number of aromatic nitrogens is 5. The average molecular weight is 273 g/mol. The predicted molar refractivity (Wildman–Crippen MR) is 71.7 cm³/mol. The Morgan fingerprint density at radius 1 is 1.26 bits per heavy atom. The largest absolute Gasteiger partial charge is 0.308 e. The van der Waals surface area contributed by atoms with Gasteiger partial charge in [0, 0.05) is 12.3 Å². The van der Waals surface area contributed by atoms with Gasteiger partial charge in [-0.15, -0.1) is 10.2 Å². The van der Waals surface area contributed by atoms with E-state index in [1.54, 1.807) is 6.07 Å². The first-order chi connectivity index (χ1) is 9.26. The summed E-state index contributed by atoms with van der Waals surface area (Å²) in [5.74, 6) is 6.59. The molecule has 7 nitrogen and oxygen atoms in total. The van der Waals surface area contributed by atoms with Crippen molar-refractivity contribution in [2.45, 2.75) is 17.1 Å². The number of aryl methyl sites for hydroxylation is 1. The molecule has 0 spiro atoms. The Morgan fingerprint density at radius 3 is 3.00 bits per heavy atom. The Kier molecular flexibility index (Phi) is 3.02. The van der Waals surface area contributed by atoms with Crippen molar-refractivity contribution < 1.29 is 0 Å². The Morgan fingerprint density at radius 2 is 2.16 bits per heavy atom. The lowest BCUT2D eigenvalue weighted by Gasteiger charge is -2.04. The van der Waals surface area contributed by atoms with E-state index in [2.05, 4.69) is 25.6 Å². The van der Waals surface area contributed by atoms with Crippen LogP contribution in [-0.2, 0) is 0 Å². The van der Waals surface area contributed by atoms with E-state index >= 15 is 0 Å². The number of nitrogens with one attached hydrogen (secondary N) is 1. The van der Waals surface area contributed by atoms with Crippen LogP contribution in [0.25, 0.3) is 5.65 Å². The fraction of sp³-hybridized carbons (Fsp3) is 0.0909. The van der Waals surface area contributed by atoms with E-state index in [0.717, 1.165) is 15.8 Å². The molecule has 0 aromatic carbocycles. The SMILES string of the molecule is Cc1nc(NN)cc(Sc2nnc3ccccn23)n1. The van der Waals surface area contributed by atoms with Crippen LogP contribution in [0.5, 0.6) is 0 Å². The summed E-state index contributed by atoms with van der Waals surface area (Å²) in [7, 11) is 0. The molecule has 0 saturated heterocycles. The van der Waals surface area contributed by atoms with Crippen LogP contribution in [-0.4, -0.2) is 24.6 Å². The summed E-state index contributed by atoms with van der Waals surface area (Å²) in [5.41, 5.74) is 3.32. The van der Waals surface area contributed by atoms with E-state index in [-0.39, 0.29) is 0 Å². The van der Waals surface area contributed by atoms with Crippen LogP contribution in [0.4, 0.5) is 5.82 Å².